The van der Waals surface area contributed by atoms with Crippen molar-refractivity contribution >= 4 is 47.4 Å². The summed E-state index contributed by atoms with van der Waals surface area (Å²) in [4.78, 5) is 4.58. The zero-order chi connectivity index (χ0) is 19.8. The SMILES string of the molecule is Cl.Cl.O[C@H]1CCCN[C@@H]1CCCn1cnc2cc(Cl)cc(-c3cnn(C4COC4)c3)c21. The summed E-state index contributed by atoms with van der Waals surface area (Å²) >= 11 is 6.38. The highest BCUT2D eigenvalue weighted by Gasteiger charge is 2.23. The zero-order valence-electron chi connectivity index (χ0n) is 17.1. The number of hydrogen-bond donors (Lipinski definition) is 2. The fraction of sp³-hybridized carbons (Fsp3) is 0.524. The van der Waals surface area contributed by atoms with Crippen LogP contribution in [0.4, 0.5) is 0 Å². The Morgan fingerprint density at radius 1 is 1.26 bits per heavy atom. The predicted octanol–water partition coefficient (Wildman–Crippen LogP) is 3.86. The van der Waals surface area contributed by atoms with E-state index < -0.39 is 0 Å². The fourth-order valence-corrected chi connectivity index (χ4v) is 4.54. The van der Waals surface area contributed by atoms with E-state index in [1.807, 2.05) is 29.3 Å². The Balaban J connectivity index is 0.00000136. The molecule has 0 aliphatic carbocycles. The van der Waals surface area contributed by atoms with Crippen LogP contribution in [0.25, 0.3) is 22.2 Å². The van der Waals surface area contributed by atoms with Gasteiger partial charge in [-0.15, -0.1) is 24.8 Å². The molecule has 2 atom stereocenters. The van der Waals surface area contributed by atoms with E-state index in [-0.39, 0.29) is 37.0 Å². The summed E-state index contributed by atoms with van der Waals surface area (Å²) in [5.41, 5.74) is 4.06. The quantitative estimate of drug-likeness (QED) is 0.551. The van der Waals surface area contributed by atoms with Crippen LogP contribution in [0.15, 0.2) is 30.9 Å². The molecule has 0 unspecified atom stereocenters. The second-order valence-corrected chi connectivity index (χ2v) is 8.51. The Morgan fingerprint density at radius 2 is 2.10 bits per heavy atom. The topological polar surface area (TPSA) is 77.1 Å². The molecule has 0 bridgehead atoms. The van der Waals surface area contributed by atoms with Crippen LogP contribution in [0.3, 0.4) is 0 Å². The van der Waals surface area contributed by atoms with Gasteiger partial charge < -0.3 is 19.7 Å². The van der Waals surface area contributed by atoms with Gasteiger partial charge in [0.05, 0.1) is 48.9 Å². The van der Waals surface area contributed by atoms with Crippen LogP contribution < -0.4 is 5.32 Å². The van der Waals surface area contributed by atoms with E-state index in [1.54, 1.807) is 0 Å². The maximum atomic E-state index is 10.2. The molecule has 10 heteroatoms. The first-order chi connectivity index (χ1) is 14.2. The molecule has 4 heterocycles. The number of hydrogen-bond acceptors (Lipinski definition) is 5. The molecule has 2 saturated heterocycles. The molecule has 2 fully saturated rings. The van der Waals surface area contributed by atoms with Gasteiger partial charge in [0, 0.05) is 34.9 Å². The largest absolute Gasteiger partial charge is 0.392 e. The third-order valence-electron chi connectivity index (χ3n) is 6.05. The second kappa shape index (κ2) is 10.5. The van der Waals surface area contributed by atoms with Crippen molar-refractivity contribution in [3.63, 3.8) is 0 Å². The molecule has 3 aromatic rings. The number of nitrogens with zero attached hydrogens (tertiary/aromatic N) is 4. The minimum absolute atomic E-state index is 0. The van der Waals surface area contributed by atoms with Gasteiger partial charge >= 0.3 is 0 Å². The number of piperidine rings is 1. The first-order valence-electron chi connectivity index (χ1n) is 10.4. The Morgan fingerprint density at radius 3 is 2.84 bits per heavy atom. The van der Waals surface area contributed by atoms with Gasteiger partial charge in [-0.1, -0.05) is 11.6 Å². The van der Waals surface area contributed by atoms with E-state index in [1.165, 1.54) is 0 Å². The average molecular weight is 489 g/mol. The van der Waals surface area contributed by atoms with Crippen LogP contribution in [0.5, 0.6) is 0 Å². The monoisotopic (exact) mass is 487 g/mol. The number of nitrogens with one attached hydrogen (secondary N) is 1. The van der Waals surface area contributed by atoms with Crippen molar-refractivity contribution in [2.75, 3.05) is 19.8 Å². The number of aryl methyl sites for hydroxylation is 1. The Kier molecular flexibility index (Phi) is 8.24. The molecule has 0 amide bonds. The van der Waals surface area contributed by atoms with Crippen molar-refractivity contribution < 1.29 is 9.84 Å². The van der Waals surface area contributed by atoms with E-state index in [9.17, 15) is 5.11 Å². The van der Waals surface area contributed by atoms with Gasteiger partial charge in [0.1, 0.15) is 0 Å². The average Bonchev–Trinajstić information content (AvgIpc) is 3.29. The van der Waals surface area contributed by atoms with Crippen molar-refractivity contribution in [3.8, 4) is 11.1 Å². The van der Waals surface area contributed by atoms with E-state index >= 15 is 0 Å². The molecule has 7 nitrogen and oxygen atoms in total. The van der Waals surface area contributed by atoms with Crippen LogP contribution in [-0.2, 0) is 11.3 Å². The van der Waals surface area contributed by atoms with Crippen molar-refractivity contribution in [2.45, 2.75) is 50.4 Å². The molecule has 2 aromatic heterocycles. The van der Waals surface area contributed by atoms with E-state index in [0.29, 0.717) is 24.3 Å². The molecule has 170 valence electrons. The number of ether oxygens (including phenoxy) is 1. The molecular weight excluding hydrogens is 461 g/mol. The molecule has 2 aliphatic heterocycles. The third kappa shape index (κ3) is 5.02. The maximum Gasteiger partial charge on any atom is 0.0985 e. The van der Waals surface area contributed by atoms with Crippen LogP contribution in [0.2, 0.25) is 5.02 Å². The van der Waals surface area contributed by atoms with Crippen LogP contribution >= 0.6 is 36.4 Å². The van der Waals surface area contributed by atoms with E-state index in [2.05, 4.69) is 26.2 Å². The summed E-state index contributed by atoms with van der Waals surface area (Å²) in [6.07, 6.45) is 9.47. The summed E-state index contributed by atoms with van der Waals surface area (Å²) in [7, 11) is 0. The minimum Gasteiger partial charge on any atom is -0.392 e. The lowest BCUT2D eigenvalue weighted by atomic mass is 9.97. The van der Waals surface area contributed by atoms with Gasteiger partial charge in [0.2, 0.25) is 0 Å². The fourth-order valence-electron chi connectivity index (χ4n) is 4.33. The van der Waals surface area contributed by atoms with Crippen molar-refractivity contribution in [3.05, 3.63) is 35.9 Å². The number of benzene rings is 1. The summed E-state index contributed by atoms with van der Waals surface area (Å²) in [5.74, 6) is 0. The lowest BCUT2D eigenvalue weighted by molar-refractivity contribution is -0.0286. The number of aliphatic hydroxyl groups is 1. The molecule has 0 radical (unpaired) electrons. The van der Waals surface area contributed by atoms with E-state index in [0.717, 1.165) is 60.9 Å². The number of rotatable bonds is 6. The van der Waals surface area contributed by atoms with Crippen molar-refractivity contribution in [1.82, 2.24) is 24.6 Å². The van der Waals surface area contributed by atoms with Gasteiger partial charge in [-0.05, 0) is 44.4 Å². The highest BCUT2D eigenvalue weighted by molar-refractivity contribution is 6.31. The number of imidazole rings is 1. The number of aliphatic hydroxyl groups excluding tert-OH is 1. The van der Waals surface area contributed by atoms with Crippen LogP contribution in [0, 0.1) is 0 Å². The van der Waals surface area contributed by atoms with Gasteiger partial charge in [-0.3, -0.25) is 4.68 Å². The Hall–Kier alpha value is -1.35. The van der Waals surface area contributed by atoms with Gasteiger partial charge in [-0.25, -0.2) is 4.98 Å². The summed E-state index contributed by atoms with van der Waals surface area (Å²) in [6, 6.07) is 4.41. The number of halogens is 3. The molecule has 2 N–H and O–H groups in total. The van der Waals surface area contributed by atoms with Crippen LogP contribution in [-0.4, -0.2) is 56.3 Å². The first-order valence-corrected chi connectivity index (χ1v) is 10.7. The van der Waals surface area contributed by atoms with Crippen molar-refractivity contribution in [1.29, 1.82) is 0 Å². The van der Waals surface area contributed by atoms with Crippen LogP contribution in [0.1, 0.15) is 31.7 Å². The molecule has 0 spiro atoms. The molecular formula is C21H28Cl3N5O2. The normalized spacial score (nSPS) is 21.4. The van der Waals surface area contributed by atoms with E-state index in [4.69, 9.17) is 16.3 Å². The summed E-state index contributed by atoms with van der Waals surface area (Å²) in [5, 5.41) is 18.8. The zero-order valence-corrected chi connectivity index (χ0v) is 19.5. The second-order valence-electron chi connectivity index (χ2n) is 8.07. The highest BCUT2D eigenvalue weighted by Crippen LogP contribution is 2.32. The standard InChI is InChI=1S/C21H26ClN5O2.2ClH/c22-15-7-17(14-9-25-27(10-14)16-11-29-12-16)21-19(8-15)24-13-26(21)6-2-3-18-20(28)4-1-5-23-18;;/h7-10,13,16,18,20,23,28H,1-6,11-12H2;2*1H/t18-,20+;;/m1../s1. The van der Waals surface area contributed by atoms with Gasteiger partial charge in [0.25, 0.3) is 0 Å². The molecule has 5 rings (SSSR count). The lowest BCUT2D eigenvalue weighted by Gasteiger charge is -2.29. The Bertz CT molecular complexity index is 1000. The van der Waals surface area contributed by atoms with Crippen molar-refractivity contribution in [2.24, 2.45) is 0 Å². The molecule has 1 aromatic carbocycles. The predicted molar refractivity (Wildman–Crippen MR) is 127 cm³/mol. The summed E-state index contributed by atoms with van der Waals surface area (Å²) < 4.78 is 9.45. The minimum atomic E-state index is -0.237. The first kappa shape index (κ1) is 24.3. The molecule has 0 saturated carbocycles. The lowest BCUT2D eigenvalue weighted by Crippen LogP contribution is -2.44. The highest BCUT2D eigenvalue weighted by atomic mass is 35.5. The summed E-state index contributed by atoms with van der Waals surface area (Å²) in [6.45, 7) is 3.27. The Labute approximate surface area is 198 Å². The molecule has 2 aliphatic rings. The van der Waals surface area contributed by atoms with Gasteiger partial charge in [0.15, 0.2) is 0 Å². The third-order valence-corrected chi connectivity index (χ3v) is 6.27. The number of fused-ring (bicyclic) bond motifs is 1. The smallest absolute Gasteiger partial charge is 0.0985 e. The maximum absolute atomic E-state index is 10.2. The van der Waals surface area contributed by atoms with Gasteiger partial charge in [-0.2, -0.15) is 5.10 Å². The molecule has 31 heavy (non-hydrogen) atoms. The number of aromatic nitrogens is 4.